The summed E-state index contributed by atoms with van der Waals surface area (Å²) in [6, 6.07) is 3.68. The normalized spacial score (nSPS) is 10.8. The molecule has 0 saturated carbocycles. The van der Waals surface area contributed by atoms with Gasteiger partial charge in [-0.2, -0.15) is 0 Å². The molecule has 0 spiro atoms. The quantitative estimate of drug-likeness (QED) is 0.526. The highest BCUT2D eigenvalue weighted by Gasteiger charge is 2.16. The van der Waals surface area contributed by atoms with Gasteiger partial charge < -0.3 is 0 Å². The zero-order chi connectivity index (χ0) is 13.4. The van der Waals surface area contributed by atoms with E-state index >= 15 is 0 Å². The average molecular weight is 258 g/mol. The lowest BCUT2D eigenvalue weighted by atomic mass is 10.0. The SMILES string of the molecule is Cc1ccc(-c2cc(F)c(F)c(F)c2)c(F)c1F. The van der Waals surface area contributed by atoms with E-state index in [9.17, 15) is 22.0 Å². The summed E-state index contributed by atoms with van der Waals surface area (Å²) in [6.07, 6.45) is 0. The summed E-state index contributed by atoms with van der Waals surface area (Å²) in [6.45, 7) is 1.36. The molecule has 0 atom stereocenters. The Labute approximate surface area is 99.7 Å². The van der Waals surface area contributed by atoms with E-state index in [0.29, 0.717) is 12.1 Å². The van der Waals surface area contributed by atoms with Gasteiger partial charge in [0.2, 0.25) is 0 Å². The van der Waals surface area contributed by atoms with Crippen LogP contribution in [0.25, 0.3) is 11.1 Å². The molecule has 2 aromatic carbocycles. The van der Waals surface area contributed by atoms with Crippen LogP contribution in [0, 0.1) is 36.0 Å². The van der Waals surface area contributed by atoms with Crippen LogP contribution in [0.4, 0.5) is 22.0 Å². The summed E-state index contributed by atoms with van der Waals surface area (Å²) in [5, 5.41) is 0. The van der Waals surface area contributed by atoms with Gasteiger partial charge in [-0.05, 0) is 30.2 Å². The Kier molecular flexibility index (Phi) is 3.07. The number of aryl methyl sites for hydroxylation is 1. The second kappa shape index (κ2) is 4.40. The summed E-state index contributed by atoms with van der Waals surface area (Å²) in [7, 11) is 0. The highest BCUT2D eigenvalue weighted by molar-refractivity contribution is 5.65. The lowest BCUT2D eigenvalue weighted by Gasteiger charge is -2.07. The molecule has 0 bridgehead atoms. The van der Waals surface area contributed by atoms with E-state index in [-0.39, 0.29) is 16.7 Å². The van der Waals surface area contributed by atoms with Crippen LogP contribution in [0.3, 0.4) is 0 Å². The van der Waals surface area contributed by atoms with Gasteiger partial charge in [-0.3, -0.25) is 0 Å². The molecule has 0 radical (unpaired) electrons. The van der Waals surface area contributed by atoms with Crippen LogP contribution >= 0.6 is 0 Å². The van der Waals surface area contributed by atoms with Crippen molar-refractivity contribution in [2.75, 3.05) is 0 Å². The molecular formula is C13H7F5. The Morgan fingerprint density at radius 3 is 1.83 bits per heavy atom. The molecule has 0 aliphatic heterocycles. The van der Waals surface area contributed by atoms with E-state index in [1.165, 1.54) is 19.1 Å². The predicted molar refractivity (Wildman–Crippen MR) is 56.4 cm³/mol. The standard InChI is InChI=1S/C13H7F5/c1-6-2-3-8(12(17)11(6)16)7-4-9(14)13(18)10(15)5-7/h2-5H,1H3. The number of halogens is 5. The van der Waals surface area contributed by atoms with Crippen molar-refractivity contribution in [3.05, 3.63) is 58.9 Å². The minimum atomic E-state index is -1.65. The van der Waals surface area contributed by atoms with Crippen LogP contribution < -0.4 is 0 Å². The largest absolute Gasteiger partial charge is 0.204 e. The van der Waals surface area contributed by atoms with Crippen LogP contribution in [0.5, 0.6) is 0 Å². The van der Waals surface area contributed by atoms with Crippen molar-refractivity contribution >= 4 is 0 Å². The molecule has 0 aromatic heterocycles. The van der Waals surface area contributed by atoms with Crippen LogP contribution in [0.1, 0.15) is 5.56 Å². The molecule has 2 aromatic rings. The van der Waals surface area contributed by atoms with E-state index in [1.54, 1.807) is 0 Å². The van der Waals surface area contributed by atoms with Crippen molar-refractivity contribution in [1.29, 1.82) is 0 Å². The lowest BCUT2D eigenvalue weighted by Crippen LogP contribution is -1.96. The van der Waals surface area contributed by atoms with Crippen molar-refractivity contribution in [3.8, 4) is 11.1 Å². The summed E-state index contributed by atoms with van der Waals surface area (Å²) in [5.41, 5.74) is -0.516. The van der Waals surface area contributed by atoms with Crippen LogP contribution in [-0.4, -0.2) is 0 Å². The fourth-order valence-electron chi connectivity index (χ4n) is 1.58. The number of benzene rings is 2. The van der Waals surface area contributed by atoms with Gasteiger partial charge in [-0.25, -0.2) is 22.0 Å². The van der Waals surface area contributed by atoms with Gasteiger partial charge in [0.15, 0.2) is 29.1 Å². The van der Waals surface area contributed by atoms with E-state index in [0.717, 1.165) is 0 Å². The molecule has 0 nitrogen and oxygen atoms in total. The first kappa shape index (κ1) is 12.5. The minimum absolute atomic E-state index is 0.0688. The van der Waals surface area contributed by atoms with Gasteiger partial charge in [0.05, 0.1) is 0 Å². The molecule has 0 amide bonds. The molecule has 0 aliphatic carbocycles. The lowest BCUT2D eigenvalue weighted by molar-refractivity contribution is 0.447. The van der Waals surface area contributed by atoms with Crippen molar-refractivity contribution < 1.29 is 22.0 Å². The number of rotatable bonds is 1. The maximum Gasteiger partial charge on any atom is 0.194 e. The molecule has 0 N–H and O–H groups in total. The Hall–Kier alpha value is -1.91. The van der Waals surface area contributed by atoms with Crippen LogP contribution in [0.15, 0.2) is 24.3 Å². The van der Waals surface area contributed by atoms with E-state index in [2.05, 4.69) is 0 Å². The minimum Gasteiger partial charge on any atom is -0.204 e. The van der Waals surface area contributed by atoms with Crippen molar-refractivity contribution in [2.24, 2.45) is 0 Å². The molecule has 2 rings (SSSR count). The van der Waals surface area contributed by atoms with Crippen molar-refractivity contribution in [1.82, 2.24) is 0 Å². The fourth-order valence-corrected chi connectivity index (χ4v) is 1.58. The third kappa shape index (κ3) is 1.96. The zero-order valence-corrected chi connectivity index (χ0v) is 9.20. The van der Waals surface area contributed by atoms with Gasteiger partial charge in [0.1, 0.15) is 0 Å². The van der Waals surface area contributed by atoms with Gasteiger partial charge in [0, 0.05) is 5.56 Å². The Balaban J connectivity index is 2.67. The summed E-state index contributed by atoms with van der Waals surface area (Å²) < 4.78 is 65.7. The van der Waals surface area contributed by atoms with E-state index in [4.69, 9.17) is 0 Å². The molecule has 0 heterocycles. The number of hydrogen-bond donors (Lipinski definition) is 0. The Morgan fingerprint density at radius 1 is 0.722 bits per heavy atom. The van der Waals surface area contributed by atoms with Gasteiger partial charge in [-0.15, -0.1) is 0 Å². The second-order valence-corrected chi connectivity index (χ2v) is 3.81. The molecule has 94 valence electrons. The highest BCUT2D eigenvalue weighted by atomic mass is 19.2. The molecule has 18 heavy (non-hydrogen) atoms. The smallest absolute Gasteiger partial charge is 0.194 e. The Morgan fingerprint density at radius 2 is 1.28 bits per heavy atom. The third-order valence-electron chi connectivity index (χ3n) is 2.57. The Bertz CT molecular complexity index is 596. The van der Waals surface area contributed by atoms with Crippen molar-refractivity contribution in [3.63, 3.8) is 0 Å². The molecule has 0 fully saturated rings. The second-order valence-electron chi connectivity index (χ2n) is 3.81. The average Bonchev–Trinajstić information content (AvgIpc) is 2.33. The maximum absolute atomic E-state index is 13.6. The molecule has 0 unspecified atom stereocenters. The third-order valence-corrected chi connectivity index (χ3v) is 2.57. The molecule has 0 saturated heterocycles. The first-order valence-corrected chi connectivity index (χ1v) is 5.01. The zero-order valence-electron chi connectivity index (χ0n) is 9.20. The maximum atomic E-state index is 13.6. The van der Waals surface area contributed by atoms with Crippen LogP contribution in [0.2, 0.25) is 0 Å². The fraction of sp³-hybridized carbons (Fsp3) is 0.0769. The van der Waals surface area contributed by atoms with Gasteiger partial charge in [-0.1, -0.05) is 12.1 Å². The summed E-state index contributed by atoms with van der Waals surface area (Å²) >= 11 is 0. The van der Waals surface area contributed by atoms with E-state index < -0.39 is 29.1 Å². The van der Waals surface area contributed by atoms with Gasteiger partial charge >= 0.3 is 0 Å². The molecular weight excluding hydrogens is 251 g/mol. The molecule has 0 aliphatic rings. The topological polar surface area (TPSA) is 0 Å². The van der Waals surface area contributed by atoms with Gasteiger partial charge in [0.25, 0.3) is 0 Å². The molecule has 5 heteroatoms. The first-order valence-electron chi connectivity index (χ1n) is 5.01. The first-order chi connectivity index (χ1) is 8.41. The summed E-state index contributed by atoms with van der Waals surface area (Å²) in [4.78, 5) is 0. The predicted octanol–water partition coefficient (Wildman–Crippen LogP) is 4.36. The van der Waals surface area contributed by atoms with E-state index in [1.807, 2.05) is 0 Å². The summed E-state index contributed by atoms with van der Waals surface area (Å²) in [5.74, 6) is -6.87. The van der Waals surface area contributed by atoms with Crippen molar-refractivity contribution in [2.45, 2.75) is 6.92 Å². The number of hydrogen-bond acceptors (Lipinski definition) is 0. The van der Waals surface area contributed by atoms with Crippen LogP contribution in [-0.2, 0) is 0 Å². The highest BCUT2D eigenvalue weighted by Crippen LogP contribution is 2.28. The monoisotopic (exact) mass is 258 g/mol.